The molecule has 1 amide bonds. The first-order valence-corrected chi connectivity index (χ1v) is 12.3. The van der Waals surface area contributed by atoms with Crippen LogP contribution < -0.4 is 10.9 Å². The highest BCUT2D eigenvalue weighted by atomic mass is 35.5. The molecule has 4 rings (SSSR count). The van der Waals surface area contributed by atoms with Gasteiger partial charge in [0, 0.05) is 45.6 Å². The van der Waals surface area contributed by atoms with Crippen LogP contribution in [0.1, 0.15) is 41.9 Å². The van der Waals surface area contributed by atoms with E-state index in [1.807, 2.05) is 23.1 Å². The first-order valence-electron chi connectivity index (χ1n) is 11.5. The van der Waals surface area contributed by atoms with E-state index < -0.39 is 0 Å². The van der Waals surface area contributed by atoms with Crippen LogP contribution in [0.5, 0.6) is 0 Å². The van der Waals surface area contributed by atoms with Gasteiger partial charge >= 0.3 is 0 Å². The Morgan fingerprint density at radius 2 is 2.03 bits per heavy atom. The number of halogens is 2. The molecule has 1 aliphatic carbocycles. The highest BCUT2D eigenvalue weighted by Gasteiger charge is 2.40. The van der Waals surface area contributed by atoms with E-state index in [2.05, 4.69) is 5.32 Å². The van der Waals surface area contributed by atoms with Crippen molar-refractivity contribution < 1.29 is 9.53 Å². The Kier molecular flexibility index (Phi) is 7.80. The zero-order valence-corrected chi connectivity index (χ0v) is 20.7. The summed E-state index contributed by atoms with van der Waals surface area (Å²) in [7, 11) is 3.41. The minimum atomic E-state index is -0.225. The van der Waals surface area contributed by atoms with E-state index in [0.717, 1.165) is 48.9 Å². The number of amides is 1. The average molecular weight is 492 g/mol. The maximum atomic E-state index is 13.9. The van der Waals surface area contributed by atoms with Crippen LogP contribution in [0, 0.1) is 5.92 Å². The zero-order valence-electron chi connectivity index (χ0n) is 19.2. The number of piperidine rings is 1. The van der Waals surface area contributed by atoms with Gasteiger partial charge < -0.3 is 19.5 Å². The summed E-state index contributed by atoms with van der Waals surface area (Å²) in [5.74, 6) is -0.0942. The molecule has 2 heterocycles. The molecule has 1 aromatic heterocycles. The molecule has 178 valence electrons. The van der Waals surface area contributed by atoms with Gasteiger partial charge in [-0.3, -0.25) is 9.59 Å². The monoisotopic (exact) mass is 491 g/mol. The van der Waals surface area contributed by atoms with Crippen molar-refractivity contribution in [3.8, 4) is 0 Å². The second kappa shape index (κ2) is 10.6. The van der Waals surface area contributed by atoms with Gasteiger partial charge in [-0.25, -0.2) is 0 Å². The van der Waals surface area contributed by atoms with E-state index in [-0.39, 0.29) is 29.3 Å². The van der Waals surface area contributed by atoms with Crippen molar-refractivity contribution in [2.24, 2.45) is 13.0 Å². The number of methoxy groups -OCH3 is 1. The molecule has 2 fully saturated rings. The van der Waals surface area contributed by atoms with E-state index >= 15 is 0 Å². The number of carbonyl (C=O) groups excluding carboxylic acids is 1. The predicted molar refractivity (Wildman–Crippen MR) is 131 cm³/mol. The summed E-state index contributed by atoms with van der Waals surface area (Å²) in [6.07, 6.45) is 5.33. The molecule has 1 aromatic carbocycles. The van der Waals surface area contributed by atoms with Crippen LogP contribution in [0.3, 0.4) is 0 Å². The first-order chi connectivity index (χ1) is 15.9. The SMILES string of the molecule is COCCc1cc(Cl)c(Cl)c(CN(C(=O)C2CNCC[C@@H]2c2ccn(C)c(=O)c2)C2CC2)c1. The van der Waals surface area contributed by atoms with Gasteiger partial charge in [-0.1, -0.05) is 29.3 Å². The molecule has 33 heavy (non-hydrogen) atoms. The number of nitrogens with one attached hydrogen (secondary N) is 1. The van der Waals surface area contributed by atoms with Crippen LogP contribution >= 0.6 is 23.2 Å². The first kappa shape index (κ1) is 24.3. The summed E-state index contributed by atoms with van der Waals surface area (Å²) < 4.78 is 6.76. The number of aromatic nitrogens is 1. The van der Waals surface area contributed by atoms with Crippen molar-refractivity contribution in [2.75, 3.05) is 26.8 Å². The smallest absolute Gasteiger partial charge is 0.250 e. The number of hydrogen-bond acceptors (Lipinski definition) is 4. The lowest BCUT2D eigenvalue weighted by molar-refractivity contribution is -0.138. The quantitative estimate of drug-likeness (QED) is 0.610. The van der Waals surface area contributed by atoms with E-state index in [1.54, 1.807) is 31.0 Å². The number of carbonyl (C=O) groups is 1. The molecule has 2 atom stereocenters. The third-order valence-corrected chi connectivity index (χ3v) is 7.57. The molecule has 0 spiro atoms. The second-order valence-corrected chi connectivity index (χ2v) is 9.89. The van der Waals surface area contributed by atoms with Crippen molar-refractivity contribution in [1.29, 1.82) is 0 Å². The van der Waals surface area contributed by atoms with Gasteiger partial charge in [0.05, 0.1) is 22.6 Å². The topological polar surface area (TPSA) is 63.6 Å². The Morgan fingerprint density at radius 1 is 1.24 bits per heavy atom. The number of aryl methyl sites for hydroxylation is 1. The summed E-state index contributed by atoms with van der Waals surface area (Å²) in [4.78, 5) is 28.1. The van der Waals surface area contributed by atoms with Gasteiger partial charge in [0.1, 0.15) is 0 Å². The van der Waals surface area contributed by atoms with Crippen molar-refractivity contribution in [1.82, 2.24) is 14.8 Å². The third-order valence-electron chi connectivity index (χ3n) is 6.73. The Hall–Kier alpha value is -1.86. The summed E-state index contributed by atoms with van der Waals surface area (Å²) in [6.45, 7) is 2.46. The number of nitrogens with zero attached hydrogens (tertiary/aromatic N) is 2. The molecule has 1 saturated heterocycles. The van der Waals surface area contributed by atoms with Gasteiger partial charge in [0.2, 0.25) is 5.91 Å². The maximum Gasteiger partial charge on any atom is 0.250 e. The van der Waals surface area contributed by atoms with Crippen molar-refractivity contribution >= 4 is 29.1 Å². The van der Waals surface area contributed by atoms with Crippen LogP contribution in [0.2, 0.25) is 10.0 Å². The lowest BCUT2D eigenvalue weighted by Gasteiger charge is -2.36. The fraction of sp³-hybridized carbons (Fsp3) is 0.520. The second-order valence-electron chi connectivity index (χ2n) is 9.11. The number of rotatable bonds is 8. The number of hydrogen-bond donors (Lipinski definition) is 1. The standard InChI is InChI=1S/C25H31Cl2N3O3/c1-29-9-6-17(13-23(29)31)20-5-8-28-14-21(20)25(32)30(19-3-4-19)15-18-11-16(7-10-33-2)12-22(26)24(18)27/h6,9,11-13,19-21,28H,3-5,7-8,10,14-15H2,1-2H3/t20-,21?/m1/s1. The van der Waals surface area contributed by atoms with E-state index in [9.17, 15) is 9.59 Å². The fourth-order valence-electron chi connectivity index (χ4n) is 4.67. The largest absolute Gasteiger partial charge is 0.384 e. The predicted octanol–water partition coefficient (Wildman–Crippen LogP) is 3.77. The summed E-state index contributed by atoms with van der Waals surface area (Å²) in [5, 5.41) is 4.38. The highest BCUT2D eigenvalue weighted by Crippen LogP contribution is 2.37. The molecule has 8 heteroatoms. The highest BCUT2D eigenvalue weighted by molar-refractivity contribution is 6.42. The molecule has 0 bridgehead atoms. The number of pyridine rings is 1. The fourth-order valence-corrected chi connectivity index (χ4v) is 5.10. The lowest BCUT2D eigenvalue weighted by atomic mass is 9.80. The van der Waals surface area contributed by atoms with Crippen molar-refractivity contribution in [3.05, 3.63) is 67.6 Å². The van der Waals surface area contributed by atoms with Crippen LogP contribution in [0.15, 0.2) is 35.3 Å². The molecule has 2 aliphatic rings. The van der Waals surface area contributed by atoms with E-state index in [4.69, 9.17) is 27.9 Å². The van der Waals surface area contributed by atoms with Gasteiger partial charge in [0.25, 0.3) is 5.56 Å². The normalized spacial score (nSPS) is 20.6. The molecule has 1 unspecified atom stereocenters. The maximum absolute atomic E-state index is 13.9. The Balaban J connectivity index is 1.60. The third kappa shape index (κ3) is 5.62. The summed E-state index contributed by atoms with van der Waals surface area (Å²) in [6, 6.07) is 7.77. The molecular formula is C25H31Cl2N3O3. The Morgan fingerprint density at radius 3 is 2.73 bits per heavy atom. The van der Waals surface area contributed by atoms with Crippen LogP contribution in [-0.4, -0.2) is 48.2 Å². The van der Waals surface area contributed by atoms with E-state index in [1.165, 1.54) is 0 Å². The van der Waals surface area contributed by atoms with Gasteiger partial charge in [0.15, 0.2) is 0 Å². The molecule has 1 N–H and O–H groups in total. The van der Waals surface area contributed by atoms with Crippen molar-refractivity contribution in [2.45, 2.75) is 44.2 Å². The minimum Gasteiger partial charge on any atom is -0.384 e. The number of ether oxygens (including phenoxy) is 1. The summed E-state index contributed by atoms with van der Waals surface area (Å²) >= 11 is 13.0. The van der Waals surface area contributed by atoms with Crippen molar-refractivity contribution in [3.63, 3.8) is 0 Å². The molecular weight excluding hydrogens is 461 g/mol. The zero-order chi connectivity index (χ0) is 23.5. The Bertz CT molecular complexity index is 1070. The van der Waals surface area contributed by atoms with Crippen LogP contribution in [-0.2, 0) is 29.5 Å². The molecule has 6 nitrogen and oxygen atoms in total. The Labute approximate surface area is 204 Å². The lowest BCUT2D eigenvalue weighted by Crippen LogP contribution is -2.47. The molecule has 1 aliphatic heterocycles. The minimum absolute atomic E-state index is 0.0148. The molecule has 0 radical (unpaired) electrons. The molecule has 1 saturated carbocycles. The number of benzene rings is 1. The van der Waals surface area contributed by atoms with Gasteiger partial charge in [-0.2, -0.15) is 0 Å². The van der Waals surface area contributed by atoms with E-state index in [0.29, 0.717) is 29.7 Å². The van der Waals surface area contributed by atoms with Crippen LogP contribution in [0.25, 0.3) is 0 Å². The average Bonchev–Trinajstić information content (AvgIpc) is 3.65. The van der Waals surface area contributed by atoms with Gasteiger partial charge in [-0.05, 0) is 67.0 Å². The van der Waals surface area contributed by atoms with Crippen LogP contribution in [0.4, 0.5) is 0 Å². The van der Waals surface area contributed by atoms with Gasteiger partial charge in [-0.15, -0.1) is 0 Å². The molecule has 2 aromatic rings. The summed E-state index contributed by atoms with van der Waals surface area (Å²) in [5.41, 5.74) is 2.80.